The Kier molecular flexibility index (Phi) is 5.48. The van der Waals surface area contributed by atoms with Gasteiger partial charge in [0.05, 0.1) is 13.7 Å². The molecule has 5 heteroatoms. The maximum absolute atomic E-state index is 12.2. The maximum atomic E-state index is 12.2. The van der Waals surface area contributed by atoms with E-state index in [1.54, 1.807) is 12.0 Å². The largest absolute Gasteiger partial charge is 0.493 e. The van der Waals surface area contributed by atoms with Crippen LogP contribution in [0.4, 0.5) is 10.5 Å². The smallest absolute Gasteiger partial charge is 0.322 e. The molecule has 2 amide bonds. The summed E-state index contributed by atoms with van der Waals surface area (Å²) < 4.78 is 11.3. The first-order chi connectivity index (χ1) is 11.7. The topological polar surface area (TPSA) is 50.8 Å². The van der Waals surface area contributed by atoms with E-state index >= 15 is 0 Å². The zero-order valence-electron chi connectivity index (χ0n) is 14.7. The molecule has 0 unspecified atom stereocenters. The predicted octanol–water partition coefficient (Wildman–Crippen LogP) is 3.96. The van der Waals surface area contributed by atoms with Gasteiger partial charge in [-0.05, 0) is 44.2 Å². The summed E-state index contributed by atoms with van der Waals surface area (Å²) in [6.07, 6.45) is 7.39. The summed E-state index contributed by atoms with van der Waals surface area (Å²) in [5, 5.41) is 2.97. The summed E-state index contributed by atoms with van der Waals surface area (Å²) in [6, 6.07) is 5.89. The molecule has 0 aromatic heterocycles. The second-order valence-electron chi connectivity index (χ2n) is 6.91. The number of benzene rings is 1. The molecule has 5 nitrogen and oxygen atoms in total. The van der Waals surface area contributed by atoms with Crippen LogP contribution in [0.25, 0.3) is 0 Å². The van der Waals surface area contributed by atoms with Crippen molar-refractivity contribution in [1.29, 1.82) is 0 Å². The molecule has 1 saturated heterocycles. The minimum Gasteiger partial charge on any atom is -0.493 e. The highest BCUT2D eigenvalue weighted by Gasteiger charge is 2.24. The van der Waals surface area contributed by atoms with E-state index in [1.165, 1.54) is 25.7 Å². The van der Waals surface area contributed by atoms with Gasteiger partial charge in [0.25, 0.3) is 0 Å². The fourth-order valence-electron chi connectivity index (χ4n) is 3.31. The summed E-state index contributed by atoms with van der Waals surface area (Å²) in [5.41, 5.74) is 0.856. The Hall–Kier alpha value is -1.91. The van der Waals surface area contributed by atoms with Gasteiger partial charge in [0, 0.05) is 24.3 Å². The number of nitrogens with one attached hydrogen (secondary N) is 1. The van der Waals surface area contributed by atoms with Gasteiger partial charge in [-0.15, -0.1) is 0 Å². The molecule has 1 heterocycles. The number of anilines is 1. The Morgan fingerprint density at radius 1 is 1.25 bits per heavy atom. The molecular weight excluding hydrogens is 304 g/mol. The van der Waals surface area contributed by atoms with Crippen LogP contribution >= 0.6 is 0 Å². The van der Waals surface area contributed by atoms with Gasteiger partial charge in [-0.1, -0.05) is 19.3 Å². The van der Waals surface area contributed by atoms with Crippen LogP contribution in [0.2, 0.25) is 0 Å². The molecule has 132 valence electrons. The van der Waals surface area contributed by atoms with Gasteiger partial charge in [0.2, 0.25) is 0 Å². The number of carbonyl (C=O) groups is 1. The predicted molar refractivity (Wildman–Crippen MR) is 95.0 cm³/mol. The van der Waals surface area contributed by atoms with E-state index in [0.29, 0.717) is 12.4 Å². The number of rotatable bonds is 7. The highest BCUT2D eigenvalue weighted by Crippen LogP contribution is 2.34. The summed E-state index contributed by atoms with van der Waals surface area (Å²) >= 11 is 0. The normalized spacial score (nSPS) is 21.2. The van der Waals surface area contributed by atoms with Gasteiger partial charge in [-0.3, -0.25) is 4.90 Å². The number of urea groups is 1. The molecule has 3 rings (SSSR count). The lowest BCUT2D eigenvalue weighted by Crippen LogP contribution is -2.50. The molecule has 0 bridgehead atoms. The number of hydrogen-bond acceptors (Lipinski definition) is 3. The summed E-state index contributed by atoms with van der Waals surface area (Å²) in [4.78, 5) is 14.0. The van der Waals surface area contributed by atoms with Gasteiger partial charge >= 0.3 is 6.03 Å². The fourth-order valence-corrected chi connectivity index (χ4v) is 3.31. The fraction of sp³-hybridized carbons (Fsp3) is 0.632. The highest BCUT2D eigenvalue weighted by molar-refractivity contribution is 5.93. The van der Waals surface area contributed by atoms with Crippen molar-refractivity contribution in [3.05, 3.63) is 18.2 Å². The molecule has 2 fully saturated rings. The number of nitrogens with zero attached hydrogens (tertiary/aromatic N) is 1. The second kappa shape index (κ2) is 7.77. The molecule has 1 saturated carbocycles. The van der Waals surface area contributed by atoms with Crippen LogP contribution in [0, 0.1) is 5.92 Å². The average molecular weight is 332 g/mol. The Balaban J connectivity index is 1.62. The molecule has 1 atom stereocenters. The van der Waals surface area contributed by atoms with Gasteiger partial charge in [0.1, 0.15) is 0 Å². The Labute approximate surface area is 144 Å². The van der Waals surface area contributed by atoms with E-state index in [9.17, 15) is 4.79 Å². The van der Waals surface area contributed by atoms with Crippen molar-refractivity contribution in [2.75, 3.05) is 25.2 Å². The molecule has 1 aliphatic heterocycles. The van der Waals surface area contributed by atoms with Crippen LogP contribution < -0.4 is 19.7 Å². The third-order valence-electron chi connectivity index (χ3n) is 5.10. The van der Waals surface area contributed by atoms with Crippen molar-refractivity contribution in [3.63, 3.8) is 0 Å². The first-order valence-corrected chi connectivity index (χ1v) is 9.06. The van der Waals surface area contributed by atoms with E-state index < -0.39 is 0 Å². The molecule has 0 spiro atoms. The lowest BCUT2D eigenvalue weighted by Gasteiger charge is -2.31. The van der Waals surface area contributed by atoms with Crippen LogP contribution in [-0.4, -0.2) is 32.3 Å². The van der Waals surface area contributed by atoms with Crippen LogP contribution in [-0.2, 0) is 0 Å². The lowest BCUT2D eigenvalue weighted by atomic mass is 9.82. The van der Waals surface area contributed by atoms with E-state index in [2.05, 4.69) is 5.32 Å². The standard InChI is InChI=1S/C19H28N2O3/c1-14-10-11-21(19(22)20-14)16-8-9-17(23-2)18(13-16)24-12-4-7-15-5-3-6-15/h8-9,13-15H,3-7,10-12H2,1-2H3,(H,20,22)/t14-/m0/s1. The molecule has 1 aromatic carbocycles. The summed E-state index contributed by atoms with van der Waals surface area (Å²) in [6.45, 7) is 3.44. The van der Waals surface area contributed by atoms with Crippen molar-refractivity contribution in [2.45, 2.75) is 51.5 Å². The number of ether oxygens (including phenoxy) is 2. The lowest BCUT2D eigenvalue weighted by molar-refractivity contribution is 0.237. The van der Waals surface area contributed by atoms with Gasteiger partial charge < -0.3 is 14.8 Å². The molecule has 24 heavy (non-hydrogen) atoms. The first kappa shape index (κ1) is 16.9. The molecular formula is C19H28N2O3. The molecule has 2 aliphatic rings. The van der Waals surface area contributed by atoms with Crippen LogP contribution in [0.3, 0.4) is 0 Å². The van der Waals surface area contributed by atoms with E-state index in [4.69, 9.17) is 9.47 Å². The molecule has 1 aromatic rings. The summed E-state index contributed by atoms with van der Waals surface area (Å²) in [7, 11) is 1.64. The van der Waals surface area contributed by atoms with Crippen LogP contribution in [0.15, 0.2) is 18.2 Å². The van der Waals surface area contributed by atoms with E-state index in [-0.39, 0.29) is 12.1 Å². The van der Waals surface area contributed by atoms with Crippen molar-refractivity contribution in [1.82, 2.24) is 5.32 Å². The van der Waals surface area contributed by atoms with Crippen molar-refractivity contribution < 1.29 is 14.3 Å². The third-order valence-corrected chi connectivity index (χ3v) is 5.10. The third kappa shape index (κ3) is 3.94. The van der Waals surface area contributed by atoms with E-state index in [0.717, 1.165) is 36.7 Å². The molecule has 1 aliphatic carbocycles. The first-order valence-electron chi connectivity index (χ1n) is 9.06. The number of hydrogen-bond donors (Lipinski definition) is 1. The highest BCUT2D eigenvalue weighted by atomic mass is 16.5. The Morgan fingerprint density at radius 3 is 2.75 bits per heavy atom. The zero-order chi connectivity index (χ0) is 16.9. The average Bonchev–Trinajstić information content (AvgIpc) is 2.53. The molecule has 1 N–H and O–H groups in total. The Morgan fingerprint density at radius 2 is 2.08 bits per heavy atom. The van der Waals surface area contributed by atoms with Gasteiger partial charge in [-0.2, -0.15) is 0 Å². The minimum absolute atomic E-state index is 0.0464. The zero-order valence-corrected chi connectivity index (χ0v) is 14.7. The maximum Gasteiger partial charge on any atom is 0.322 e. The summed E-state index contributed by atoms with van der Waals surface area (Å²) in [5.74, 6) is 2.34. The van der Waals surface area contributed by atoms with Gasteiger partial charge in [0.15, 0.2) is 11.5 Å². The van der Waals surface area contributed by atoms with Crippen molar-refractivity contribution >= 4 is 11.7 Å². The van der Waals surface area contributed by atoms with Crippen LogP contribution in [0.5, 0.6) is 11.5 Å². The second-order valence-corrected chi connectivity index (χ2v) is 6.91. The Bertz CT molecular complexity index is 572. The number of carbonyl (C=O) groups excluding carboxylic acids is 1. The number of amides is 2. The SMILES string of the molecule is COc1ccc(N2CC[C@H](C)NC2=O)cc1OCCCC1CCC1. The quantitative estimate of drug-likeness (QED) is 0.769. The van der Waals surface area contributed by atoms with Crippen LogP contribution in [0.1, 0.15) is 45.4 Å². The number of methoxy groups -OCH3 is 1. The van der Waals surface area contributed by atoms with Crippen molar-refractivity contribution in [2.24, 2.45) is 5.92 Å². The van der Waals surface area contributed by atoms with Crippen molar-refractivity contribution in [3.8, 4) is 11.5 Å². The molecule has 0 radical (unpaired) electrons. The minimum atomic E-state index is -0.0464. The van der Waals surface area contributed by atoms with Gasteiger partial charge in [-0.25, -0.2) is 4.79 Å². The monoisotopic (exact) mass is 332 g/mol. The van der Waals surface area contributed by atoms with E-state index in [1.807, 2.05) is 25.1 Å².